The van der Waals surface area contributed by atoms with Gasteiger partial charge in [0.2, 0.25) is 0 Å². The standard InChI is InChI=1S/C27H28N4O8/c1-14(2)12-20(27(38)39-3)31-26(37)24(35)29-11-10-28-23(34)25(36)30-15-8-9-18-19(13-15)22(33)17-7-5-4-6-16(17)21(18)32/h4-9,13-14,20H,10-12H2,1-3H3,(H,28,34)(H,29,35)(H,30,36)(H,31,37)/t20-/m0/s1. The molecular weight excluding hydrogens is 508 g/mol. The van der Waals surface area contributed by atoms with Gasteiger partial charge in [-0.15, -0.1) is 0 Å². The van der Waals surface area contributed by atoms with Crippen molar-refractivity contribution < 1.29 is 38.3 Å². The summed E-state index contributed by atoms with van der Waals surface area (Å²) in [6.07, 6.45) is 0.277. The zero-order valence-electron chi connectivity index (χ0n) is 21.6. The lowest BCUT2D eigenvalue weighted by Gasteiger charge is -2.18. The Labute approximate surface area is 223 Å². The molecular formula is C27H28N4O8. The normalized spacial score (nSPS) is 12.5. The highest BCUT2D eigenvalue weighted by molar-refractivity contribution is 6.40. The van der Waals surface area contributed by atoms with Gasteiger partial charge in [0.25, 0.3) is 0 Å². The smallest absolute Gasteiger partial charge is 0.328 e. The van der Waals surface area contributed by atoms with Crippen LogP contribution in [0.4, 0.5) is 5.69 Å². The molecule has 12 heteroatoms. The molecule has 1 aliphatic carbocycles. The molecule has 0 saturated carbocycles. The number of rotatable bonds is 8. The summed E-state index contributed by atoms with van der Waals surface area (Å²) < 4.78 is 4.63. The van der Waals surface area contributed by atoms with E-state index in [1.165, 1.54) is 25.3 Å². The lowest BCUT2D eigenvalue weighted by molar-refractivity contribution is -0.147. The van der Waals surface area contributed by atoms with E-state index in [-0.39, 0.29) is 59.4 Å². The number of fused-ring (bicyclic) bond motifs is 2. The molecule has 2 aromatic rings. The number of hydrogen-bond donors (Lipinski definition) is 4. The SMILES string of the molecule is COC(=O)[C@H](CC(C)C)NC(=O)C(=O)NCCNC(=O)C(=O)Nc1ccc2c(c1)C(=O)c1ccccc1C2=O. The molecule has 0 saturated heterocycles. The number of anilines is 1. The van der Waals surface area contributed by atoms with Crippen molar-refractivity contribution in [3.63, 3.8) is 0 Å². The Balaban J connectivity index is 1.48. The van der Waals surface area contributed by atoms with Crippen molar-refractivity contribution in [2.45, 2.75) is 26.3 Å². The van der Waals surface area contributed by atoms with E-state index in [0.29, 0.717) is 5.56 Å². The number of ketones is 2. The maximum atomic E-state index is 12.8. The maximum Gasteiger partial charge on any atom is 0.328 e. The monoisotopic (exact) mass is 536 g/mol. The molecule has 39 heavy (non-hydrogen) atoms. The van der Waals surface area contributed by atoms with Crippen LogP contribution in [0.2, 0.25) is 0 Å². The van der Waals surface area contributed by atoms with E-state index in [0.717, 1.165) is 0 Å². The molecule has 2 aromatic carbocycles. The highest BCUT2D eigenvalue weighted by Crippen LogP contribution is 2.29. The number of benzene rings is 2. The van der Waals surface area contributed by atoms with Gasteiger partial charge in [-0.2, -0.15) is 0 Å². The van der Waals surface area contributed by atoms with Crippen molar-refractivity contribution in [3.05, 3.63) is 64.7 Å². The number of hydrogen-bond acceptors (Lipinski definition) is 8. The first-order valence-corrected chi connectivity index (χ1v) is 12.1. The van der Waals surface area contributed by atoms with Gasteiger partial charge in [-0.25, -0.2) is 4.79 Å². The second-order valence-corrected chi connectivity index (χ2v) is 9.11. The molecule has 3 rings (SSSR count). The molecule has 0 fully saturated rings. The number of nitrogens with one attached hydrogen (secondary N) is 4. The lowest BCUT2D eigenvalue weighted by atomic mass is 9.84. The van der Waals surface area contributed by atoms with E-state index >= 15 is 0 Å². The molecule has 4 N–H and O–H groups in total. The number of carbonyl (C=O) groups excluding carboxylic acids is 7. The molecule has 204 valence electrons. The zero-order valence-corrected chi connectivity index (χ0v) is 21.6. The Morgan fingerprint density at radius 1 is 0.744 bits per heavy atom. The van der Waals surface area contributed by atoms with Crippen LogP contribution in [0.3, 0.4) is 0 Å². The average molecular weight is 537 g/mol. The molecule has 0 unspecified atom stereocenters. The van der Waals surface area contributed by atoms with E-state index in [9.17, 15) is 33.6 Å². The topological polar surface area (TPSA) is 177 Å². The van der Waals surface area contributed by atoms with E-state index in [4.69, 9.17) is 0 Å². The number of carbonyl (C=O) groups is 7. The summed E-state index contributed by atoms with van der Waals surface area (Å²) in [5.41, 5.74) is 1.01. The average Bonchev–Trinajstić information content (AvgIpc) is 2.92. The third-order valence-corrected chi connectivity index (χ3v) is 5.79. The van der Waals surface area contributed by atoms with Gasteiger partial charge in [-0.05, 0) is 30.5 Å². The fourth-order valence-electron chi connectivity index (χ4n) is 3.93. The second kappa shape index (κ2) is 12.6. The van der Waals surface area contributed by atoms with Crippen LogP contribution >= 0.6 is 0 Å². The molecule has 0 spiro atoms. The Hall–Kier alpha value is -4.87. The van der Waals surface area contributed by atoms with Gasteiger partial charge < -0.3 is 26.0 Å². The van der Waals surface area contributed by atoms with E-state index in [2.05, 4.69) is 26.0 Å². The first-order chi connectivity index (χ1) is 18.5. The van der Waals surface area contributed by atoms with Crippen LogP contribution < -0.4 is 21.3 Å². The quantitative estimate of drug-likeness (QED) is 0.181. The number of esters is 1. The van der Waals surface area contributed by atoms with Crippen LogP contribution in [0.15, 0.2) is 42.5 Å². The van der Waals surface area contributed by atoms with Crippen LogP contribution in [0.25, 0.3) is 0 Å². The fraction of sp³-hybridized carbons (Fsp3) is 0.296. The molecule has 1 atom stereocenters. The molecule has 1 aliphatic rings. The Bertz CT molecular complexity index is 1350. The first kappa shape index (κ1) is 28.7. The predicted octanol–water partition coefficient (Wildman–Crippen LogP) is 0.337. The minimum absolute atomic E-state index is 0.0554. The summed E-state index contributed by atoms with van der Waals surface area (Å²) in [4.78, 5) is 85.9. The number of methoxy groups -OCH3 is 1. The summed E-state index contributed by atoms with van der Waals surface area (Å²) in [5, 5.41) is 9.23. The lowest BCUT2D eigenvalue weighted by Crippen LogP contribution is -2.49. The predicted molar refractivity (Wildman–Crippen MR) is 138 cm³/mol. The summed E-state index contributed by atoms with van der Waals surface area (Å²) in [5.74, 6) is -5.44. The van der Waals surface area contributed by atoms with Crippen LogP contribution in [-0.2, 0) is 28.7 Å². The van der Waals surface area contributed by atoms with Gasteiger partial charge in [-0.3, -0.25) is 28.8 Å². The van der Waals surface area contributed by atoms with Gasteiger partial charge in [0.05, 0.1) is 7.11 Å². The molecule has 0 bridgehead atoms. The minimum Gasteiger partial charge on any atom is -0.467 e. The van der Waals surface area contributed by atoms with E-state index < -0.39 is 35.6 Å². The molecule has 0 aliphatic heterocycles. The van der Waals surface area contributed by atoms with Crippen molar-refractivity contribution >= 4 is 46.9 Å². The van der Waals surface area contributed by atoms with Gasteiger partial charge in [0.1, 0.15) is 6.04 Å². The third-order valence-electron chi connectivity index (χ3n) is 5.79. The molecule has 4 amide bonds. The Kier molecular flexibility index (Phi) is 9.26. The van der Waals surface area contributed by atoms with Crippen LogP contribution in [-0.4, -0.2) is 67.4 Å². The van der Waals surface area contributed by atoms with Crippen molar-refractivity contribution in [1.82, 2.24) is 16.0 Å². The van der Waals surface area contributed by atoms with Crippen molar-refractivity contribution in [3.8, 4) is 0 Å². The second-order valence-electron chi connectivity index (χ2n) is 9.11. The van der Waals surface area contributed by atoms with Crippen LogP contribution in [0, 0.1) is 5.92 Å². The van der Waals surface area contributed by atoms with E-state index in [1.54, 1.807) is 24.3 Å². The van der Waals surface area contributed by atoms with Crippen molar-refractivity contribution in [2.75, 3.05) is 25.5 Å². The summed E-state index contributed by atoms with van der Waals surface area (Å²) in [6, 6.07) is 9.58. The fourth-order valence-corrected chi connectivity index (χ4v) is 3.93. The zero-order chi connectivity index (χ0) is 28.7. The van der Waals surface area contributed by atoms with Crippen molar-refractivity contribution in [2.24, 2.45) is 5.92 Å². The highest BCUT2D eigenvalue weighted by atomic mass is 16.5. The Morgan fingerprint density at radius 2 is 1.28 bits per heavy atom. The maximum absolute atomic E-state index is 12.8. The van der Waals surface area contributed by atoms with Gasteiger partial charge in [0, 0.05) is 41.0 Å². The van der Waals surface area contributed by atoms with E-state index in [1.807, 2.05) is 13.8 Å². The van der Waals surface area contributed by atoms with Gasteiger partial charge in [0.15, 0.2) is 11.6 Å². The van der Waals surface area contributed by atoms with Gasteiger partial charge >= 0.3 is 29.6 Å². The molecule has 0 heterocycles. The highest BCUT2D eigenvalue weighted by Gasteiger charge is 2.30. The van der Waals surface area contributed by atoms with Crippen molar-refractivity contribution in [1.29, 1.82) is 0 Å². The van der Waals surface area contributed by atoms with Crippen LogP contribution in [0.5, 0.6) is 0 Å². The van der Waals surface area contributed by atoms with Crippen LogP contribution in [0.1, 0.15) is 52.1 Å². The molecule has 12 nitrogen and oxygen atoms in total. The Morgan fingerprint density at radius 3 is 1.85 bits per heavy atom. The summed E-state index contributed by atoms with van der Waals surface area (Å²) >= 11 is 0. The first-order valence-electron chi connectivity index (χ1n) is 12.1. The summed E-state index contributed by atoms with van der Waals surface area (Å²) in [7, 11) is 1.17. The molecule has 0 aromatic heterocycles. The third kappa shape index (κ3) is 6.92. The number of ether oxygens (including phenoxy) is 1. The summed E-state index contributed by atoms with van der Waals surface area (Å²) in [6.45, 7) is 3.33. The number of amides is 4. The van der Waals surface area contributed by atoms with Gasteiger partial charge in [-0.1, -0.05) is 38.1 Å². The minimum atomic E-state index is -1.04. The largest absolute Gasteiger partial charge is 0.467 e. The molecule has 0 radical (unpaired) electrons.